The molecule has 0 aliphatic carbocycles. The highest BCUT2D eigenvalue weighted by Gasteiger charge is 2.12. The van der Waals surface area contributed by atoms with Crippen molar-refractivity contribution >= 4 is 0 Å². The van der Waals surface area contributed by atoms with Gasteiger partial charge in [-0.15, -0.1) is 0 Å². The van der Waals surface area contributed by atoms with Crippen LogP contribution in [0.15, 0.2) is 12.2 Å². The maximum atomic E-state index is 5.68. The van der Waals surface area contributed by atoms with Crippen LogP contribution in [0, 0.1) is 11.8 Å². The number of rotatable bonds is 8. The van der Waals surface area contributed by atoms with E-state index in [4.69, 9.17) is 9.47 Å². The third-order valence-electron chi connectivity index (χ3n) is 3.17. The molecule has 0 spiro atoms. The van der Waals surface area contributed by atoms with Crippen molar-refractivity contribution in [1.82, 2.24) is 0 Å². The molecule has 0 aromatic rings. The quantitative estimate of drug-likeness (QED) is 0.476. The predicted octanol–water partition coefficient (Wildman–Crippen LogP) is 4.45. The molecule has 108 valence electrons. The van der Waals surface area contributed by atoms with E-state index in [0.717, 1.165) is 38.9 Å². The zero-order chi connectivity index (χ0) is 13.6. The molecule has 0 bridgehead atoms. The second kappa shape index (κ2) is 12.3. The number of unbranched alkanes of at least 4 members (excludes halogenated alkanes) is 4. The van der Waals surface area contributed by atoms with Gasteiger partial charge in [0.2, 0.25) is 0 Å². The van der Waals surface area contributed by atoms with Crippen molar-refractivity contribution in [2.75, 3.05) is 13.2 Å². The normalized spacial score (nSPS) is 19.3. The Labute approximate surface area is 118 Å². The van der Waals surface area contributed by atoms with E-state index >= 15 is 0 Å². The first-order valence-corrected chi connectivity index (χ1v) is 7.80. The highest BCUT2D eigenvalue weighted by molar-refractivity contribution is 5.14. The largest absolute Gasteiger partial charge is 0.353 e. The minimum absolute atomic E-state index is 0.0636. The van der Waals surface area contributed by atoms with Crippen LogP contribution in [0.4, 0.5) is 0 Å². The molecule has 0 aromatic carbocycles. The fourth-order valence-corrected chi connectivity index (χ4v) is 1.96. The Bertz CT molecular complexity index is 279. The molecule has 1 heterocycles. The topological polar surface area (TPSA) is 18.5 Å². The summed E-state index contributed by atoms with van der Waals surface area (Å²) >= 11 is 0. The van der Waals surface area contributed by atoms with Crippen LogP contribution >= 0.6 is 0 Å². The molecule has 0 amide bonds. The number of ether oxygens (including phenoxy) is 2. The molecule has 1 aliphatic rings. The predicted molar refractivity (Wildman–Crippen MR) is 79.8 cm³/mol. The number of hydrogen-bond acceptors (Lipinski definition) is 2. The molecule has 0 saturated carbocycles. The first-order chi connectivity index (χ1) is 9.43. The lowest BCUT2D eigenvalue weighted by Gasteiger charge is -2.22. The van der Waals surface area contributed by atoms with Crippen LogP contribution < -0.4 is 0 Å². The summed E-state index contributed by atoms with van der Waals surface area (Å²) in [5.74, 6) is 6.23. The van der Waals surface area contributed by atoms with Crippen molar-refractivity contribution in [3.05, 3.63) is 12.2 Å². The van der Waals surface area contributed by atoms with Gasteiger partial charge in [-0.2, -0.15) is 0 Å². The highest BCUT2D eigenvalue weighted by Crippen LogP contribution is 2.14. The molecule has 2 heteroatoms. The Morgan fingerprint density at radius 3 is 3.00 bits per heavy atom. The monoisotopic (exact) mass is 264 g/mol. The van der Waals surface area contributed by atoms with Gasteiger partial charge >= 0.3 is 0 Å². The van der Waals surface area contributed by atoms with Crippen LogP contribution in [0.3, 0.4) is 0 Å². The standard InChI is InChI=1S/C17H28O2/c1-2-3-4-5-6-7-8-9-10-12-15-18-17-14-11-13-16-19-17/h7-8,17H,2-4,9-16H2,1H3/b8-7+. The lowest BCUT2D eigenvalue weighted by Crippen LogP contribution is -2.22. The van der Waals surface area contributed by atoms with Crippen molar-refractivity contribution in [1.29, 1.82) is 0 Å². The molecular formula is C17H28O2. The van der Waals surface area contributed by atoms with Crippen LogP contribution in [0.25, 0.3) is 0 Å². The van der Waals surface area contributed by atoms with Crippen molar-refractivity contribution < 1.29 is 9.47 Å². The van der Waals surface area contributed by atoms with Gasteiger partial charge in [0.1, 0.15) is 0 Å². The summed E-state index contributed by atoms with van der Waals surface area (Å²) in [6.45, 7) is 3.88. The third-order valence-corrected chi connectivity index (χ3v) is 3.17. The van der Waals surface area contributed by atoms with Crippen molar-refractivity contribution in [3.8, 4) is 11.8 Å². The molecule has 2 nitrogen and oxygen atoms in total. The van der Waals surface area contributed by atoms with Gasteiger partial charge in [0, 0.05) is 19.6 Å². The van der Waals surface area contributed by atoms with Crippen molar-refractivity contribution in [2.45, 2.75) is 71.0 Å². The summed E-state index contributed by atoms with van der Waals surface area (Å²) in [4.78, 5) is 0. The Morgan fingerprint density at radius 1 is 1.26 bits per heavy atom. The van der Waals surface area contributed by atoms with Gasteiger partial charge in [0.25, 0.3) is 0 Å². The van der Waals surface area contributed by atoms with Gasteiger partial charge in [0.05, 0.1) is 0 Å². The molecule has 1 unspecified atom stereocenters. The van der Waals surface area contributed by atoms with Crippen LogP contribution in [0.5, 0.6) is 0 Å². The summed E-state index contributed by atoms with van der Waals surface area (Å²) in [5, 5.41) is 0. The molecule has 1 rings (SSSR count). The van der Waals surface area contributed by atoms with E-state index in [-0.39, 0.29) is 6.29 Å². The summed E-state index contributed by atoms with van der Waals surface area (Å²) in [6, 6.07) is 0. The fraction of sp³-hybridized carbons (Fsp3) is 0.765. The lowest BCUT2D eigenvalue weighted by molar-refractivity contribution is -0.162. The van der Waals surface area contributed by atoms with E-state index in [1.165, 1.54) is 32.1 Å². The van der Waals surface area contributed by atoms with Gasteiger partial charge in [0.15, 0.2) is 6.29 Å². The smallest absolute Gasteiger partial charge is 0.157 e. The minimum Gasteiger partial charge on any atom is -0.353 e. The van der Waals surface area contributed by atoms with E-state index in [1.807, 2.05) is 6.08 Å². The van der Waals surface area contributed by atoms with Gasteiger partial charge in [-0.1, -0.05) is 31.3 Å². The Kier molecular flexibility index (Phi) is 10.5. The SMILES string of the molecule is CCCCC#C/C=C/CCCCOC1CCCCO1. The van der Waals surface area contributed by atoms with E-state index in [0.29, 0.717) is 0 Å². The van der Waals surface area contributed by atoms with Gasteiger partial charge in [-0.25, -0.2) is 0 Å². The maximum Gasteiger partial charge on any atom is 0.157 e. The summed E-state index contributed by atoms with van der Waals surface area (Å²) in [7, 11) is 0. The molecule has 0 aromatic heterocycles. The molecule has 19 heavy (non-hydrogen) atoms. The van der Waals surface area contributed by atoms with Crippen LogP contribution in [0.2, 0.25) is 0 Å². The molecule has 1 fully saturated rings. The van der Waals surface area contributed by atoms with Crippen LogP contribution in [0.1, 0.15) is 64.7 Å². The third kappa shape index (κ3) is 9.76. The van der Waals surface area contributed by atoms with Crippen molar-refractivity contribution in [3.63, 3.8) is 0 Å². The van der Waals surface area contributed by atoms with E-state index in [2.05, 4.69) is 24.8 Å². The van der Waals surface area contributed by atoms with Gasteiger partial charge in [-0.05, 0) is 51.0 Å². The molecule has 1 atom stereocenters. The van der Waals surface area contributed by atoms with Gasteiger partial charge < -0.3 is 9.47 Å². The Hall–Kier alpha value is -0.780. The summed E-state index contributed by atoms with van der Waals surface area (Å²) in [5.41, 5.74) is 0. The van der Waals surface area contributed by atoms with Crippen LogP contribution in [-0.2, 0) is 9.47 Å². The van der Waals surface area contributed by atoms with E-state index in [1.54, 1.807) is 0 Å². The van der Waals surface area contributed by atoms with E-state index < -0.39 is 0 Å². The average molecular weight is 264 g/mol. The molecular weight excluding hydrogens is 236 g/mol. The Balaban J connectivity index is 1.87. The zero-order valence-electron chi connectivity index (χ0n) is 12.3. The first kappa shape index (κ1) is 16.3. The first-order valence-electron chi connectivity index (χ1n) is 7.80. The summed E-state index contributed by atoms with van der Waals surface area (Å²) in [6.07, 6.45) is 14.5. The molecule has 0 radical (unpaired) electrons. The average Bonchev–Trinajstić information content (AvgIpc) is 2.46. The lowest BCUT2D eigenvalue weighted by atomic mass is 10.2. The maximum absolute atomic E-state index is 5.68. The number of hydrogen-bond donors (Lipinski definition) is 0. The van der Waals surface area contributed by atoms with Crippen molar-refractivity contribution in [2.24, 2.45) is 0 Å². The molecule has 1 saturated heterocycles. The summed E-state index contributed by atoms with van der Waals surface area (Å²) < 4.78 is 11.2. The molecule has 1 aliphatic heterocycles. The Morgan fingerprint density at radius 2 is 2.21 bits per heavy atom. The second-order valence-electron chi connectivity index (χ2n) is 4.99. The number of allylic oxidation sites excluding steroid dienone is 2. The fourth-order valence-electron chi connectivity index (χ4n) is 1.96. The van der Waals surface area contributed by atoms with Gasteiger partial charge in [-0.3, -0.25) is 0 Å². The molecule has 0 N–H and O–H groups in total. The second-order valence-corrected chi connectivity index (χ2v) is 4.99. The minimum atomic E-state index is 0.0636. The zero-order valence-corrected chi connectivity index (χ0v) is 12.3. The van der Waals surface area contributed by atoms with Crippen LogP contribution in [-0.4, -0.2) is 19.5 Å². The highest BCUT2D eigenvalue weighted by atomic mass is 16.7. The van der Waals surface area contributed by atoms with E-state index in [9.17, 15) is 0 Å².